The molecule has 0 saturated heterocycles. The van der Waals surface area contributed by atoms with E-state index in [1.54, 1.807) is 0 Å². The Hall–Kier alpha value is -1.60. The molecule has 2 rings (SSSR count). The predicted molar refractivity (Wildman–Crippen MR) is 77.0 cm³/mol. The Morgan fingerprint density at radius 3 is 3.05 bits per heavy atom. The second kappa shape index (κ2) is 6.03. The Balaban J connectivity index is 1.92. The Bertz CT molecular complexity index is 600. The van der Waals surface area contributed by atoms with Crippen molar-refractivity contribution in [1.82, 2.24) is 4.98 Å². The number of aromatic nitrogens is 1. The van der Waals surface area contributed by atoms with Crippen LogP contribution in [0.3, 0.4) is 0 Å². The van der Waals surface area contributed by atoms with Crippen molar-refractivity contribution >= 4 is 40.4 Å². The zero-order chi connectivity index (χ0) is 13.8. The van der Waals surface area contributed by atoms with E-state index in [-0.39, 0.29) is 11.7 Å². The first-order valence-corrected chi connectivity index (χ1v) is 7.31. The molecule has 0 spiro atoms. The first kappa shape index (κ1) is 13.8. The van der Waals surface area contributed by atoms with Crippen molar-refractivity contribution in [3.8, 4) is 0 Å². The number of hydrogen-bond donors (Lipinski definition) is 2. The number of amides is 1. The number of nitrogens with one attached hydrogen (secondary N) is 1. The van der Waals surface area contributed by atoms with Gasteiger partial charge in [-0.3, -0.25) is 4.79 Å². The maximum absolute atomic E-state index is 13.0. The highest BCUT2D eigenvalue weighted by Gasteiger charge is 2.08. The van der Waals surface area contributed by atoms with Gasteiger partial charge in [-0.2, -0.15) is 0 Å². The topological polar surface area (TPSA) is 68.0 Å². The number of thiazole rings is 1. The van der Waals surface area contributed by atoms with Gasteiger partial charge in [0.2, 0.25) is 5.91 Å². The van der Waals surface area contributed by atoms with Crippen molar-refractivity contribution in [2.45, 2.75) is 11.3 Å². The van der Waals surface area contributed by atoms with Crippen LogP contribution in [0.4, 0.5) is 15.8 Å². The molecule has 0 bridgehead atoms. The van der Waals surface area contributed by atoms with Gasteiger partial charge in [-0.1, -0.05) is 11.8 Å². The number of carbonyl (C=O) groups is 1. The summed E-state index contributed by atoms with van der Waals surface area (Å²) in [5.41, 5.74) is 7.21. The number of aryl methyl sites for hydroxylation is 1. The van der Waals surface area contributed by atoms with E-state index in [1.807, 2.05) is 12.3 Å². The SMILES string of the molecule is Cc1csc(SCC(=O)Nc2cc(F)ccc2N)n1. The largest absolute Gasteiger partial charge is 0.397 e. The van der Waals surface area contributed by atoms with E-state index in [1.165, 1.54) is 41.3 Å². The first-order valence-electron chi connectivity index (χ1n) is 5.44. The van der Waals surface area contributed by atoms with Crippen LogP contribution in [0.15, 0.2) is 27.9 Å². The van der Waals surface area contributed by atoms with E-state index in [4.69, 9.17) is 5.73 Å². The molecule has 0 fully saturated rings. The van der Waals surface area contributed by atoms with Gasteiger partial charge in [-0.25, -0.2) is 9.37 Å². The number of carbonyl (C=O) groups excluding carboxylic acids is 1. The Morgan fingerprint density at radius 2 is 2.37 bits per heavy atom. The fraction of sp³-hybridized carbons (Fsp3) is 0.167. The van der Waals surface area contributed by atoms with Crippen LogP contribution in [0.2, 0.25) is 0 Å². The van der Waals surface area contributed by atoms with Crippen molar-refractivity contribution in [3.63, 3.8) is 0 Å². The summed E-state index contributed by atoms with van der Waals surface area (Å²) in [7, 11) is 0. The average molecular weight is 297 g/mol. The molecule has 0 unspecified atom stereocenters. The molecule has 7 heteroatoms. The summed E-state index contributed by atoms with van der Waals surface area (Å²) in [4.78, 5) is 16.0. The minimum absolute atomic E-state index is 0.211. The number of anilines is 2. The van der Waals surface area contributed by atoms with Crippen molar-refractivity contribution in [2.75, 3.05) is 16.8 Å². The van der Waals surface area contributed by atoms with E-state index in [0.29, 0.717) is 11.4 Å². The lowest BCUT2D eigenvalue weighted by Gasteiger charge is -2.07. The lowest BCUT2D eigenvalue weighted by molar-refractivity contribution is -0.113. The van der Waals surface area contributed by atoms with Crippen molar-refractivity contribution < 1.29 is 9.18 Å². The molecular weight excluding hydrogens is 285 g/mol. The van der Waals surface area contributed by atoms with Gasteiger partial charge in [0.15, 0.2) is 4.34 Å². The van der Waals surface area contributed by atoms with Crippen LogP contribution in [0.1, 0.15) is 5.69 Å². The molecule has 0 aliphatic carbocycles. The van der Waals surface area contributed by atoms with E-state index >= 15 is 0 Å². The molecule has 1 amide bonds. The molecule has 0 aliphatic heterocycles. The number of rotatable bonds is 4. The minimum Gasteiger partial charge on any atom is -0.397 e. The molecule has 0 atom stereocenters. The number of nitrogens with two attached hydrogens (primary N) is 1. The standard InChI is InChI=1S/C12H12FN3OS2/c1-7-5-18-12(15-7)19-6-11(17)16-10-4-8(13)2-3-9(10)14/h2-5H,6,14H2,1H3,(H,16,17). The molecule has 1 aromatic carbocycles. The highest BCUT2D eigenvalue weighted by Crippen LogP contribution is 2.23. The maximum Gasteiger partial charge on any atom is 0.234 e. The third-order valence-electron chi connectivity index (χ3n) is 2.21. The van der Waals surface area contributed by atoms with Crippen LogP contribution >= 0.6 is 23.1 Å². The van der Waals surface area contributed by atoms with Gasteiger partial charge in [-0.15, -0.1) is 11.3 Å². The summed E-state index contributed by atoms with van der Waals surface area (Å²) in [5, 5.41) is 4.50. The van der Waals surface area contributed by atoms with E-state index in [0.717, 1.165) is 10.0 Å². The third-order valence-corrected chi connectivity index (χ3v) is 4.35. The summed E-state index contributed by atoms with van der Waals surface area (Å²) in [6.07, 6.45) is 0. The lowest BCUT2D eigenvalue weighted by atomic mass is 10.2. The highest BCUT2D eigenvalue weighted by atomic mass is 32.2. The first-order chi connectivity index (χ1) is 9.04. The number of benzene rings is 1. The number of thioether (sulfide) groups is 1. The summed E-state index contributed by atoms with van der Waals surface area (Å²) in [6, 6.07) is 3.87. The molecule has 2 aromatic rings. The summed E-state index contributed by atoms with van der Waals surface area (Å²) in [5.74, 6) is -0.467. The van der Waals surface area contributed by atoms with Crippen molar-refractivity contribution in [2.24, 2.45) is 0 Å². The molecule has 19 heavy (non-hydrogen) atoms. The van der Waals surface area contributed by atoms with Gasteiger partial charge in [0.1, 0.15) is 5.82 Å². The molecule has 0 aliphatic rings. The maximum atomic E-state index is 13.0. The predicted octanol–water partition coefficient (Wildman–Crippen LogP) is 2.90. The second-order valence-corrected chi connectivity index (χ2v) is 5.90. The van der Waals surface area contributed by atoms with Gasteiger partial charge in [0, 0.05) is 11.1 Å². The smallest absolute Gasteiger partial charge is 0.234 e. The van der Waals surface area contributed by atoms with E-state index in [9.17, 15) is 9.18 Å². The molecule has 1 heterocycles. The van der Waals surface area contributed by atoms with Gasteiger partial charge in [0.05, 0.1) is 17.1 Å². The highest BCUT2D eigenvalue weighted by molar-refractivity contribution is 8.01. The second-order valence-electron chi connectivity index (χ2n) is 3.82. The molecule has 0 saturated carbocycles. The third kappa shape index (κ3) is 3.93. The number of halogens is 1. The average Bonchev–Trinajstić information content (AvgIpc) is 2.77. The van der Waals surface area contributed by atoms with Crippen molar-refractivity contribution in [1.29, 1.82) is 0 Å². The Kier molecular flexibility index (Phi) is 4.39. The molecule has 3 N–H and O–H groups in total. The zero-order valence-electron chi connectivity index (χ0n) is 10.1. The Morgan fingerprint density at radius 1 is 1.58 bits per heavy atom. The number of hydrogen-bond acceptors (Lipinski definition) is 5. The van der Waals surface area contributed by atoms with Crippen LogP contribution in [0, 0.1) is 12.7 Å². The summed E-state index contributed by atoms with van der Waals surface area (Å²) in [6.45, 7) is 1.90. The molecule has 0 radical (unpaired) electrons. The fourth-order valence-electron chi connectivity index (χ4n) is 1.35. The van der Waals surface area contributed by atoms with E-state index < -0.39 is 5.82 Å². The molecule has 100 valence electrons. The number of nitrogens with zero attached hydrogens (tertiary/aromatic N) is 1. The Labute approximate surface area is 118 Å². The summed E-state index contributed by atoms with van der Waals surface area (Å²) < 4.78 is 13.9. The quantitative estimate of drug-likeness (QED) is 0.672. The normalized spacial score (nSPS) is 10.4. The zero-order valence-corrected chi connectivity index (χ0v) is 11.8. The van der Waals surface area contributed by atoms with Crippen LogP contribution < -0.4 is 11.1 Å². The van der Waals surface area contributed by atoms with Crippen LogP contribution in [0.25, 0.3) is 0 Å². The molecule has 1 aromatic heterocycles. The van der Waals surface area contributed by atoms with Crippen LogP contribution in [0.5, 0.6) is 0 Å². The van der Waals surface area contributed by atoms with Crippen LogP contribution in [-0.2, 0) is 4.79 Å². The lowest BCUT2D eigenvalue weighted by Crippen LogP contribution is -2.15. The number of nitrogen functional groups attached to an aromatic ring is 1. The van der Waals surface area contributed by atoms with Gasteiger partial charge < -0.3 is 11.1 Å². The molecular formula is C12H12FN3OS2. The van der Waals surface area contributed by atoms with E-state index in [2.05, 4.69) is 10.3 Å². The summed E-state index contributed by atoms with van der Waals surface area (Å²) >= 11 is 2.83. The molecule has 4 nitrogen and oxygen atoms in total. The van der Waals surface area contributed by atoms with Crippen LogP contribution in [-0.4, -0.2) is 16.6 Å². The minimum atomic E-state index is -0.437. The van der Waals surface area contributed by atoms with Crippen molar-refractivity contribution in [3.05, 3.63) is 35.1 Å². The van der Waals surface area contributed by atoms with Gasteiger partial charge in [0.25, 0.3) is 0 Å². The monoisotopic (exact) mass is 297 g/mol. The van der Waals surface area contributed by atoms with Gasteiger partial charge >= 0.3 is 0 Å². The van der Waals surface area contributed by atoms with Gasteiger partial charge in [-0.05, 0) is 25.1 Å². The fourth-order valence-corrected chi connectivity index (χ4v) is 3.00.